The van der Waals surface area contributed by atoms with Gasteiger partial charge in [0.25, 0.3) is 16.1 Å². The Bertz CT molecular complexity index is 620. The third-order valence-corrected chi connectivity index (χ3v) is 6.07. The fourth-order valence-electron chi connectivity index (χ4n) is 2.71. The number of amides is 1. The Balaban J connectivity index is 2.05. The van der Waals surface area contributed by atoms with Gasteiger partial charge in [0, 0.05) is 39.3 Å². The van der Waals surface area contributed by atoms with Gasteiger partial charge in [0.2, 0.25) is 0 Å². The summed E-state index contributed by atoms with van der Waals surface area (Å²) in [4.78, 5) is 11.5. The summed E-state index contributed by atoms with van der Waals surface area (Å²) in [6.45, 7) is 1.50. The lowest BCUT2D eigenvalue weighted by molar-refractivity contribution is 0.0963. The summed E-state index contributed by atoms with van der Waals surface area (Å²) in [7, 11) is -0.242. The van der Waals surface area contributed by atoms with Crippen LogP contribution in [-0.4, -0.2) is 50.1 Å². The molecule has 128 valence electrons. The first kappa shape index (κ1) is 17.9. The van der Waals surface area contributed by atoms with Gasteiger partial charge in [-0.15, -0.1) is 0 Å². The van der Waals surface area contributed by atoms with Gasteiger partial charge in [0.1, 0.15) is 0 Å². The minimum absolute atomic E-state index is 0.151. The maximum atomic E-state index is 12.7. The Morgan fingerprint density at radius 3 is 2.22 bits per heavy atom. The van der Waals surface area contributed by atoms with Gasteiger partial charge in [-0.3, -0.25) is 4.79 Å². The fourth-order valence-corrected chi connectivity index (χ4v) is 4.14. The Morgan fingerprint density at radius 1 is 1.13 bits per heavy atom. The van der Waals surface area contributed by atoms with Crippen molar-refractivity contribution < 1.29 is 13.2 Å². The third kappa shape index (κ3) is 4.53. The molecule has 0 bridgehead atoms. The van der Waals surface area contributed by atoms with Crippen molar-refractivity contribution in [2.75, 3.05) is 27.2 Å². The largest absolute Gasteiger partial charge is 0.355 e. The Hall–Kier alpha value is -1.44. The van der Waals surface area contributed by atoms with E-state index in [9.17, 15) is 13.2 Å². The summed E-state index contributed by atoms with van der Waals surface area (Å²) in [5, 5.41) is 2.56. The van der Waals surface area contributed by atoms with Crippen LogP contribution in [-0.2, 0) is 16.8 Å². The predicted octanol–water partition coefficient (Wildman–Crippen LogP) is 1.60. The molecule has 6 nitrogen and oxygen atoms in total. The smallest absolute Gasteiger partial charge is 0.282 e. The van der Waals surface area contributed by atoms with E-state index in [1.807, 2.05) is 0 Å². The van der Waals surface area contributed by atoms with E-state index >= 15 is 0 Å². The van der Waals surface area contributed by atoms with Crippen molar-refractivity contribution in [3.05, 3.63) is 35.4 Å². The molecular formula is C16H25N3O3S. The van der Waals surface area contributed by atoms with Crippen LogP contribution in [0.15, 0.2) is 24.3 Å². The molecule has 1 aliphatic heterocycles. The van der Waals surface area contributed by atoms with Crippen LogP contribution in [0.2, 0.25) is 0 Å². The van der Waals surface area contributed by atoms with Crippen LogP contribution in [0.3, 0.4) is 0 Å². The fraction of sp³-hybridized carbons (Fsp3) is 0.562. The Morgan fingerprint density at radius 2 is 1.70 bits per heavy atom. The van der Waals surface area contributed by atoms with E-state index in [1.165, 1.54) is 4.31 Å². The lowest BCUT2D eigenvalue weighted by atomic mass is 10.1. The first-order valence-electron chi connectivity index (χ1n) is 7.97. The van der Waals surface area contributed by atoms with Gasteiger partial charge in [0.05, 0.1) is 0 Å². The molecule has 1 N–H and O–H groups in total. The van der Waals surface area contributed by atoms with Gasteiger partial charge in [-0.2, -0.15) is 17.0 Å². The molecule has 1 saturated heterocycles. The first-order valence-corrected chi connectivity index (χ1v) is 9.37. The normalized spacial score (nSPS) is 17.0. The molecule has 0 atom stereocenters. The molecule has 0 saturated carbocycles. The van der Waals surface area contributed by atoms with Crippen molar-refractivity contribution in [3.63, 3.8) is 0 Å². The summed E-state index contributed by atoms with van der Waals surface area (Å²) in [5.74, 6) is -0.151. The summed E-state index contributed by atoms with van der Waals surface area (Å²) in [6, 6.07) is 7.00. The lowest BCUT2D eigenvalue weighted by Gasteiger charge is -2.26. The van der Waals surface area contributed by atoms with Gasteiger partial charge in [-0.05, 0) is 30.5 Å². The predicted molar refractivity (Wildman–Crippen MR) is 90.3 cm³/mol. The van der Waals surface area contributed by atoms with Crippen molar-refractivity contribution in [1.82, 2.24) is 13.9 Å². The van der Waals surface area contributed by atoms with Crippen LogP contribution < -0.4 is 5.32 Å². The molecule has 1 aliphatic rings. The molecule has 1 amide bonds. The number of nitrogens with zero attached hydrogens (tertiary/aromatic N) is 2. The van der Waals surface area contributed by atoms with Crippen molar-refractivity contribution in [2.45, 2.75) is 32.2 Å². The average Bonchev–Trinajstić information content (AvgIpc) is 2.84. The molecule has 0 spiro atoms. The highest BCUT2D eigenvalue weighted by Gasteiger charge is 2.27. The zero-order chi connectivity index (χ0) is 16.9. The molecule has 1 aromatic carbocycles. The minimum atomic E-state index is -3.43. The number of benzene rings is 1. The highest BCUT2D eigenvalue weighted by atomic mass is 32.2. The van der Waals surface area contributed by atoms with Crippen LogP contribution in [0.5, 0.6) is 0 Å². The van der Waals surface area contributed by atoms with Crippen LogP contribution >= 0.6 is 0 Å². The highest BCUT2D eigenvalue weighted by molar-refractivity contribution is 7.86. The van der Waals surface area contributed by atoms with E-state index in [1.54, 1.807) is 42.7 Å². The summed E-state index contributed by atoms with van der Waals surface area (Å²) in [6.07, 6.45) is 4.04. The van der Waals surface area contributed by atoms with Gasteiger partial charge in [0.15, 0.2) is 0 Å². The average molecular weight is 339 g/mol. The zero-order valence-electron chi connectivity index (χ0n) is 13.8. The molecule has 1 heterocycles. The number of hydrogen-bond donors (Lipinski definition) is 1. The minimum Gasteiger partial charge on any atom is -0.355 e. The van der Waals surface area contributed by atoms with Crippen LogP contribution in [0, 0.1) is 0 Å². The standard InChI is InChI=1S/C16H25N3O3S/c1-17-16(20)15-9-7-14(8-10-15)13-18(2)23(21,22)19-11-5-3-4-6-12-19/h7-10H,3-6,11-13H2,1-2H3,(H,17,20). The lowest BCUT2D eigenvalue weighted by Crippen LogP contribution is -2.42. The SMILES string of the molecule is CNC(=O)c1ccc(CN(C)S(=O)(=O)N2CCCCCC2)cc1. The second kappa shape index (κ2) is 7.90. The molecule has 1 aromatic rings. The van der Waals surface area contributed by atoms with Crippen LogP contribution in [0.25, 0.3) is 0 Å². The van der Waals surface area contributed by atoms with E-state index in [0.29, 0.717) is 25.2 Å². The van der Waals surface area contributed by atoms with Crippen LogP contribution in [0.4, 0.5) is 0 Å². The molecular weight excluding hydrogens is 314 g/mol. The summed E-state index contributed by atoms with van der Waals surface area (Å²) >= 11 is 0. The molecule has 23 heavy (non-hydrogen) atoms. The number of carbonyl (C=O) groups is 1. The number of rotatable bonds is 5. The molecule has 2 rings (SSSR count). The monoisotopic (exact) mass is 339 g/mol. The number of carbonyl (C=O) groups excluding carboxylic acids is 1. The highest BCUT2D eigenvalue weighted by Crippen LogP contribution is 2.17. The van der Waals surface area contributed by atoms with E-state index in [4.69, 9.17) is 0 Å². The van der Waals surface area contributed by atoms with Crippen molar-refractivity contribution in [1.29, 1.82) is 0 Å². The molecule has 0 aromatic heterocycles. The maximum absolute atomic E-state index is 12.7. The molecule has 0 radical (unpaired) electrons. The molecule has 0 aliphatic carbocycles. The number of hydrogen-bond acceptors (Lipinski definition) is 3. The Labute approximate surface area is 138 Å². The quantitative estimate of drug-likeness (QED) is 0.886. The Kier molecular flexibility index (Phi) is 6.15. The summed E-state index contributed by atoms with van der Waals surface area (Å²) < 4.78 is 28.3. The molecule has 1 fully saturated rings. The van der Waals surface area contributed by atoms with Crippen molar-refractivity contribution >= 4 is 16.1 Å². The van der Waals surface area contributed by atoms with E-state index in [-0.39, 0.29) is 5.91 Å². The van der Waals surface area contributed by atoms with E-state index in [0.717, 1.165) is 31.2 Å². The number of nitrogens with one attached hydrogen (secondary N) is 1. The van der Waals surface area contributed by atoms with E-state index < -0.39 is 10.2 Å². The van der Waals surface area contributed by atoms with Gasteiger partial charge in [-0.1, -0.05) is 25.0 Å². The molecule has 0 unspecified atom stereocenters. The first-order chi connectivity index (χ1) is 10.9. The second-order valence-electron chi connectivity index (χ2n) is 5.85. The van der Waals surface area contributed by atoms with Crippen molar-refractivity contribution in [3.8, 4) is 0 Å². The van der Waals surface area contributed by atoms with E-state index in [2.05, 4.69) is 5.32 Å². The van der Waals surface area contributed by atoms with Gasteiger partial charge >= 0.3 is 0 Å². The maximum Gasteiger partial charge on any atom is 0.282 e. The van der Waals surface area contributed by atoms with Gasteiger partial charge < -0.3 is 5.32 Å². The summed E-state index contributed by atoms with van der Waals surface area (Å²) in [5.41, 5.74) is 1.42. The molecule has 7 heteroatoms. The third-order valence-electron chi connectivity index (χ3n) is 4.13. The van der Waals surface area contributed by atoms with Gasteiger partial charge in [-0.25, -0.2) is 0 Å². The zero-order valence-corrected chi connectivity index (χ0v) is 14.6. The topological polar surface area (TPSA) is 69.7 Å². The van der Waals surface area contributed by atoms with Crippen LogP contribution in [0.1, 0.15) is 41.6 Å². The van der Waals surface area contributed by atoms with Crippen molar-refractivity contribution in [2.24, 2.45) is 0 Å². The second-order valence-corrected chi connectivity index (χ2v) is 7.89.